The lowest BCUT2D eigenvalue weighted by molar-refractivity contribution is -0.120. The van der Waals surface area contributed by atoms with E-state index >= 15 is 0 Å². The molecule has 0 aliphatic carbocycles. The van der Waals surface area contributed by atoms with E-state index in [2.05, 4.69) is 30.7 Å². The van der Waals surface area contributed by atoms with E-state index in [1.54, 1.807) is 12.2 Å². The van der Waals surface area contributed by atoms with Gasteiger partial charge in [-0.05, 0) is 19.3 Å². The Labute approximate surface area is 140 Å². The van der Waals surface area contributed by atoms with Crippen LogP contribution in [0.25, 0.3) is 0 Å². The molecule has 1 atom stereocenters. The second-order valence-electron chi connectivity index (χ2n) is 5.62. The van der Waals surface area contributed by atoms with E-state index in [0.717, 1.165) is 44.4 Å². The van der Waals surface area contributed by atoms with Crippen molar-refractivity contribution in [3.8, 4) is 0 Å². The summed E-state index contributed by atoms with van der Waals surface area (Å²) in [6.07, 6.45) is 9.76. The molecule has 0 aliphatic rings. The highest BCUT2D eigenvalue weighted by Crippen LogP contribution is 2.20. The lowest BCUT2D eigenvalue weighted by Crippen LogP contribution is -2.45. The Kier molecular flexibility index (Phi) is 13.0. The maximum Gasteiger partial charge on any atom is 0.228 e. The molecule has 0 rings (SSSR count). The number of rotatable bonds is 15. The third kappa shape index (κ3) is 11.6. The van der Waals surface area contributed by atoms with Crippen molar-refractivity contribution in [3.05, 3.63) is 31.2 Å². The molecule has 0 aliphatic heterocycles. The first-order valence-electron chi connectivity index (χ1n) is 8.45. The van der Waals surface area contributed by atoms with Gasteiger partial charge in [-0.25, -0.2) is 0 Å². The Hall–Kier alpha value is -1.62. The van der Waals surface area contributed by atoms with Crippen molar-refractivity contribution in [2.45, 2.75) is 64.5 Å². The highest BCUT2D eigenvalue weighted by atomic mass is 16.2. The summed E-state index contributed by atoms with van der Waals surface area (Å²) in [4.78, 5) is 23.2. The molecule has 5 heteroatoms. The SMILES string of the molecule is C=CCNC(C=C)NC(=O)[C](CCCCC)CCCCC(N)=O. The van der Waals surface area contributed by atoms with Gasteiger partial charge in [-0.1, -0.05) is 51.3 Å². The number of nitrogens with one attached hydrogen (secondary N) is 2. The number of hydrogen-bond acceptors (Lipinski definition) is 3. The van der Waals surface area contributed by atoms with Crippen LogP contribution in [0.15, 0.2) is 25.3 Å². The molecule has 0 bridgehead atoms. The van der Waals surface area contributed by atoms with Crippen molar-refractivity contribution in [2.24, 2.45) is 5.73 Å². The summed E-state index contributed by atoms with van der Waals surface area (Å²) in [6, 6.07) is 0. The van der Waals surface area contributed by atoms with Crippen LogP contribution in [0.4, 0.5) is 0 Å². The van der Waals surface area contributed by atoms with E-state index in [-0.39, 0.29) is 18.0 Å². The molecule has 1 radical (unpaired) electrons. The van der Waals surface area contributed by atoms with Crippen LogP contribution >= 0.6 is 0 Å². The first-order valence-corrected chi connectivity index (χ1v) is 8.45. The average Bonchev–Trinajstić information content (AvgIpc) is 2.53. The number of unbranched alkanes of at least 4 members (excludes halogenated alkanes) is 3. The third-order valence-electron chi connectivity index (χ3n) is 3.56. The lowest BCUT2D eigenvalue weighted by atomic mass is 9.94. The van der Waals surface area contributed by atoms with E-state index in [4.69, 9.17) is 5.73 Å². The highest BCUT2D eigenvalue weighted by molar-refractivity contribution is 5.90. The van der Waals surface area contributed by atoms with Gasteiger partial charge in [0.1, 0.15) is 0 Å². The molecule has 0 spiro atoms. The molecule has 0 saturated carbocycles. The van der Waals surface area contributed by atoms with Crippen LogP contribution in [0.1, 0.15) is 58.3 Å². The fourth-order valence-electron chi connectivity index (χ4n) is 2.22. The maximum absolute atomic E-state index is 12.4. The standard InChI is InChI=1S/C18H32N3O2/c1-4-7-8-11-15(12-9-10-13-16(19)22)18(23)21-17(6-3)20-14-5-2/h5-6,17,20H,2-4,7-14H2,1H3,(H2,19,22)(H,21,23). The Balaban J connectivity index is 4.42. The van der Waals surface area contributed by atoms with Gasteiger partial charge >= 0.3 is 0 Å². The monoisotopic (exact) mass is 322 g/mol. The Morgan fingerprint density at radius 1 is 1.09 bits per heavy atom. The van der Waals surface area contributed by atoms with Gasteiger partial charge in [0.15, 0.2) is 0 Å². The second-order valence-corrected chi connectivity index (χ2v) is 5.62. The molecule has 5 nitrogen and oxygen atoms in total. The largest absolute Gasteiger partial charge is 0.370 e. The Bertz CT molecular complexity index is 369. The van der Waals surface area contributed by atoms with Gasteiger partial charge in [-0.2, -0.15) is 0 Å². The zero-order valence-corrected chi connectivity index (χ0v) is 14.4. The quantitative estimate of drug-likeness (QED) is 0.246. The molecule has 0 aromatic heterocycles. The molecule has 0 heterocycles. The smallest absolute Gasteiger partial charge is 0.228 e. The van der Waals surface area contributed by atoms with Gasteiger partial charge in [0.05, 0.1) is 12.1 Å². The third-order valence-corrected chi connectivity index (χ3v) is 3.56. The lowest BCUT2D eigenvalue weighted by Gasteiger charge is -2.21. The van der Waals surface area contributed by atoms with Gasteiger partial charge in [0, 0.05) is 13.0 Å². The van der Waals surface area contributed by atoms with Gasteiger partial charge in [-0.3, -0.25) is 14.9 Å². The fraction of sp³-hybridized carbons (Fsp3) is 0.611. The summed E-state index contributed by atoms with van der Waals surface area (Å²) in [7, 11) is 0. The minimum atomic E-state index is -0.290. The minimum Gasteiger partial charge on any atom is -0.370 e. The number of amides is 2. The Morgan fingerprint density at radius 3 is 2.22 bits per heavy atom. The number of primary amides is 1. The van der Waals surface area contributed by atoms with E-state index < -0.39 is 0 Å². The first kappa shape index (κ1) is 21.4. The Morgan fingerprint density at radius 2 is 1.70 bits per heavy atom. The van der Waals surface area contributed by atoms with Crippen molar-refractivity contribution in [1.29, 1.82) is 0 Å². The molecule has 0 aromatic carbocycles. The topological polar surface area (TPSA) is 84.2 Å². The number of nitrogens with two attached hydrogens (primary N) is 1. The van der Waals surface area contributed by atoms with Crippen LogP contribution in [-0.2, 0) is 9.59 Å². The van der Waals surface area contributed by atoms with E-state index in [1.165, 1.54) is 0 Å². The molecule has 0 fully saturated rings. The molecular weight excluding hydrogens is 290 g/mol. The van der Waals surface area contributed by atoms with Crippen LogP contribution in [0.5, 0.6) is 0 Å². The average molecular weight is 322 g/mol. The maximum atomic E-state index is 12.4. The molecule has 131 valence electrons. The summed E-state index contributed by atoms with van der Waals surface area (Å²) in [5, 5.41) is 6.05. The van der Waals surface area contributed by atoms with Gasteiger partial charge in [0.25, 0.3) is 0 Å². The van der Waals surface area contributed by atoms with Gasteiger partial charge in [-0.15, -0.1) is 6.58 Å². The molecule has 0 aromatic rings. The predicted octanol–water partition coefficient (Wildman–Crippen LogP) is 2.59. The fourth-order valence-corrected chi connectivity index (χ4v) is 2.22. The van der Waals surface area contributed by atoms with Crippen LogP contribution < -0.4 is 16.4 Å². The molecule has 4 N–H and O–H groups in total. The number of carbonyl (C=O) groups is 2. The second kappa shape index (κ2) is 14.0. The molecule has 2 amide bonds. The zero-order valence-electron chi connectivity index (χ0n) is 14.4. The molecular formula is C18H32N3O2. The van der Waals surface area contributed by atoms with E-state index in [9.17, 15) is 9.59 Å². The van der Waals surface area contributed by atoms with Crippen molar-refractivity contribution in [1.82, 2.24) is 10.6 Å². The predicted molar refractivity (Wildman–Crippen MR) is 95.4 cm³/mol. The highest BCUT2D eigenvalue weighted by Gasteiger charge is 2.20. The van der Waals surface area contributed by atoms with Crippen molar-refractivity contribution < 1.29 is 9.59 Å². The number of carbonyl (C=O) groups excluding carboxylic acids is 2. The van der Waals surface area contributed by atoms with Crippen molar-refractivity contribution >= 4 is 11.8 Å². The molecule has 0 saturated heterocycles. The van der Waals surface area contributed by atoms with Crippen LogP contribution in [0.3, 0.4) is 0 Å². The summed E-state index contributed by atoms with van der Waals surface area (Å²) in [5.74, 6) is 0.555. The summed E-state index contributed by atoms with van der Waals surface area (Å²) in [5.41, 5.74) is 5.15. The van der Waals surface area contributed by atoms with Gasteiger partial charge < -0.3 is 11.1 Å². The van der Waals surface area contributed by atoms with E-state index in [0.29, 0.717) is 19.4 Å². The van der Waals surface area contributed by atoms with E-state index in [1.807, 2.05) is 0 Å². The van der Waals surface area contributed by atoms with Crippen LogP contribution in [-0.4, -0.2) is 24.5 Å². The minimum absolute atomic E-state index is 0.0401. The first-order chi connectivity index (χ1) is 11.0. The normalized spacial score (nSPS) is 11.9. The van der Waals surface area contributed by atoms with Crippen LogP contribution in [0, 0.1) is 5.92 Å². The summed E-state index contributed by atoms with van der Waals surface area (Å²) >= 11 is 0. The molecule has 23 heavy (non-hydrogen) atoms. The summed E-state index contributed by atoms with van der Waals surface area (Å²) in [6.45, 7) is 10.1. The van der Waals surface area contributed by atoms with Crippen LogP contribution in [0.2, 0.25) is 0 Å². The summed E-state index contributed by atoms with van der Waals surface area (Å²) < 4.78 is 0. The van der Waals surface area contributed by atoms with Crippen molar-refractivity contribution in [2.75, 3.05) is 6.54 Å². The molecule has 1 unspecified atom stereocenters. The van der Waals surface area contributed by atoms with Crippen molar-refractivity contribution in [3.63, 3.8) is 0 Å². The number of hydrogen-bond donors (Lipinski definition) is 3. The van der Waals surface area contributed by atoms with Gasteiger partial charge in [0.2, 0.25) is 11.8 Å². The zero-order chi connectivity index (χ0) is 17.5.